The second-order valence-electron chi connectivity index (χ2n) is 6.13. The van der Waals surface area contributed by atoms with Crippen molar-refractivity contribution in [1.29, 1.82) is 0 Å². The minimum Gasteiger partial charge on any atom is -0.337 e. The van der Waals surface area contributed by atoms with Crippen LogP contribution in [0.4, 0.5) is 4.39 Å². The monoisotopic (exact) mass is 371 g/mol. The molecule has 26 heavy (non-hydrogen) atoms. The maximum atomic E-state index is 14.0. The van der Waals surface area contributed by atoms with E-state index < -0.39 is 0 Å². The molecule has 1 aliphatic heterocycles. The third-order valence-electron chi connectivity index (χ3n) is 4.46. The summed E-state index contributed by atoms with van der Waals surface area (Å²) in [6, 6.07) is 13.2. The molecule has 1 unspecified atom stereocenters. The molecule has 1 amide bonds. The Labute approximate surface area is 154 Å². The summed E-state index contributed by atoms with van der Waals surface area (Å²) in [5, 5.41) is 4.62. The number of aromatic nitrogens is 2. The van der Waals surface area contributed by atoms with Gasteiger partial charge >= 0.3 is 0 Å². The molecule has 0 bridgehead atoms. The highest BCUT2D eigenvalue weighted by molar-refractivity contribution is 6.30. The normalized spacial score (nSPS) is 17.1. The highest BCUT2D eigenvalue weighted by atomic mass is 35.5. The fourth-order valence-corrected chi connectivity index (χ4v) is 3.21. The number of hydrogen-bond acceptors (Lipinski definition) is 4. The Morgan fingerprint density at radius 3 is 2.73 bits per heavy atom. The lowest BCUT2D eigenvalue weighted by Gasteiger charge is -2.22. The Bertz CT molecular complexity index is 942. The SMILES string of the molecule is O=C1CCC(c2nc(-c3ccc(Cl)cc3)no2)N1Cc1ccccc1F. The molecule has 0 N–H and O–H groups in total. The van der Waals surface area contributed by atoms with Crippen LogP contribution in [0.5, 0.6) is 0 Å². The zero-order valence-electron chi connectivity index (χ0n) is 13.7. The molecule has 1 fully saturated rings. The lowest BCUT2D eigenvalue weighted by Crippen LogP contribution is -2.27. The van der Waals surface area contributed by atoms with Gasteiger partial charge in [-0.05, 0) is 36.8 Å². The van der Waals surface area contributed by atoms with Crippen molar-refractivity contribution in [3.63, 3.8) is 0 Å². The van der Waals surface area contributed by atoms with E-state index in [1.54, 1.807) is 47.4 Å². The van der Waals surface area contributed by atoms with Crippen LogP contribution < -0.4 is 0 Å². The van der Waals surface area contributed by atoms with E-state index in [9.17, 15) is 9.18 Å². The fourth-order valence-electron chi connectivity index (χ4n) is 3.09. The van der Waals surface area contributed by atoms with E-state index in [1.807, 2.05) is 0 Å². The second kappa shape index (κ2) is 6.88. The molecule has 1 atom stereocenters. The predicted molar refractivity (Wildman–Crippen MR) is 93.7 cm³/mol. The van der Waals surface area contributed by atoms with Gasteiger partial charge in [0.2, 0.25) is 17.6 Å². The standard InChI is InChI=1S/C19H15ClFN3O2/c20-14-7-5-12(6-8-14)18-22-19(26-23-18)16-9-10-17(25)24(16)11-13-3-1-2-4-15(13)21/h1-8,16H,9-11H2. The van der Waals surface area contributed by atoms with Gasteiger partial charge in [0.1, 0.15) is 11.9 Å². The average molecular weight is 372 g/mol. The molecule has 1 aromatic heterocycles. The van der Waals surface area contributed by atoms with Crippen molar-refractivity contribution in [3.05, 3.63) is 70.8 Å². The lowest BCUT2D eigenvalue weighted by molar-refractivity contribution is -0.130. The predicted octanol–water partition coefficient (Wildman–Crippen LogP) is 4.39. The smallest absolute Gasteiger partial charge is 0.249 e. The summed E-state index contributed by atoms with van der Waals surface area (Å²) >= 11 is 5.89. The lowest BCUT2D eigenvalue weighted by atomic mass is 10.1. The van der Waals surface area contributed by atoms with E-state index in [-0.39, 0.29) is 24.3 Å². The van der Waals surface area contributed by atoms with Gasteiger partial charge in [0, 0.05) is 29.1 Å². The number of carbonyl (C=O) groups is 1. The van der Waals surface area contributed by atoms with Crippen LogP contribution in [0.1, 0.15) is 30.3 Å². The van der Waals surface area contributed by atoms with Crippen molar-refractivity contribution in [2.24, 2.45) is 0 Å². The number of nitrogens with zero attached hydrogens (tertiary/aromatic N) is 3. The number of amides is 1. The molecule has 132 valence electrons. The molecule has 3 aromatic rings. The number of carbonyl (C=O) groups excluding carboxylic acids is 1. The maximum Gasteiger partial charge on any atom is 0.249 e. The second-order valence-corrected chi connectivity index (χ2v) is 6.57. The summed E-state index contributed by atoms with van der Waals surface area (Å²) in [5.74, 6) is 0.404. The van der Waals surface area contributed by atoms with Crippen molar-refractivity contribution in [2.45, 2.75) is 25.4 Å². The minimum absolute atomic E-state index is 0.0514. The maximum absolute atomic E-state index is 14.0. The first-order chi connectivity index (χ1) is 12.6. The van der Waals surface area contributed by atoms with Gasteiger partial charge in [-0.2, -0.15) is 4.98 Å². The quantitative estimate of drug-likeness (QED) is 0.682. The van der Waals surface area contributed by atoms with Crippen molar-refractivity contribution in [3.8, 4) is 11.4 Å². The van der Waals surface area contributed by atoms with Crippen molar-refractivity contribution < 1.29 is 13.7 Å². The topological polar surface area (TPSA) is 59.2 Å². The molecule has 5 nitrogen and oxygen atoms in total. The molecule has 2 aromatic carbocycles. The molecular formula is C19H15ClFN3O2. The van der Waals surface area contributed by atoms with Crippen LogP contribution in [-0.4, -0.2) is 20.9 Å². The molecule has 0 radical (unpaired) electrons. The first kappa shape index (κ1) is 16.7. The Morgan fingerprint density at radius 1 is 1.19 bits per heavy atom. The van der Waals surface area contributed by atoms with Gasteiger partial charge in [-0.25, -0.2) is 4.39 Å². The Hall–Kier alpha value is -2.73. The first-order valence-electron chi connectivity index (χ1n) is 8.24. The highest BCUT2D eigenvalue weighted by Crippen LogP contribution is 2.34. The highest BCUT2D eigenvalue weighted by Gasteiger charge is 2.36. The average Bonchev–Trinajstić information content (AvgIpc) is 3.25. The molecule has 0 spiro atoms. The summed E-state index contributed by atoms with van der Waals surface area (Å²) in [6.07, 6.45) is 0.938. The Morgan fingerprint density at radius 2 is 1.96 bits per heavy atom. The molecule has 1 aliphatic rings. The molecule has 4 rings (SSSR count). The molecule has 0 saturated carbocycles. The van der Waals surface area contributed by atoms with Crippen LogP contribution in [0.25, 0.3) is 11.4 Å². The van der Waals surface area contributed by atoms with Crippen LogP contribution in [0.2, 0.25) is 5.02 Å². The Balaban J connectivity index is 1.59. The molecular weight excluding hydrogens is 357 g/mol. The third-order valence-corrected chi connectivity index (χ3v) is 4.71. The van der Waals surface area contributed by atoms with Gasteiger partial charge in [-0.1, -0.05) is 35.0 Å². The van der Waals surface area contributed by atoms with Crippen molar-refractivity contribution in [1.82, 2.24) is 15.0 Å². The van der Waals surface area contributed by atoms with Crippen molar-refractivity contribution >= 4 is 17.5 Å². The van der Waals surface area contributed by atoms with Gasteiger partial charge < -0.3 is 9.42 Å². The van der Waals surface area contributed by atoms with Crippen molar-refractivity contribution in [2.75, 3.05) is 0 Å². The number of hydrogen-bond donors (Lipinski definition) is 0. The number of halogens is 2. The van der Waals surface area contributed by atoms with E-state index >= 15 is 0 Å². The van der Waals surface area contributed by atoms with Gasteiger partial charge in [0.15, 0.2) is 0 Å². The van der Waals surface area contributed by atoms with Gasteiger partial charge in [-0.3, -0.25) is 4.79 Å². The molecule has 0 aliphatic carbocycles. The molecule has 1 saturated heterocycles. The van der Waals surface area contributed by atoms with Crippen LogP contribution in [0, 0.1) is 5.82 Å². The van der Waals surface area contributed by atoms with E-state index in [0.29, 0.717) is 35.1 Å². The number of likely N-dealkylation sites (tertiary alicyclic amines) is 1. The van der Waals surface area contributed by atoms with E-state index in [0.717, 1.165) is 5.56 Å². The fraction of sp³-hybridized carbons (Fsp3) is 0.211. The summed E-state index contributed by atoms with van der Waals surface area (Å²) in [4.78, 5) is 18.3. The number of rotatable bonds is 4. The third kappa shape index (κ3) is 3.20. The number of benzene rings is 2. The summed E-state index contributed by atoms with van der Waals surface area (Å²) < 4.78 is 19.4. The van der Waals surface area contributed by atoms with Gasteiger partial charge in [-0.15, -0.1) is 0 Å². The molecule has 2 heterocycles. The van der Waals surface area contributed by atoms with Crippen LogP contribution in [0.15, 0.2) is 53.1 Å². The zero-order chi connectivity index (χ0) is 18.1. The van der Waals surface area contributed by atoms with E-state index in [4.69, 9.17) is 16.1 Å². The van der Waals surface area contributed by atoms with E-state index in [1.165, 1.54) is 6.07 Å². The van der Waals surface area contributed by atoms with Gasteiger partial charge in [0.25, 0.3) is 0 Å². The summed E-state index contributed by atoms with van der Waals surface area (Å²) in [5.41, 5.74) is 1.24. The Kier molecular flexibility index (Phi) is 4.42. The van der Waals surface area contributed by atoms with E-state index in [2.05, 4.69) is 10.1 Å². The molecule has 7 heteroatoms. The minimum atomic E-state index is -0.351. The van der Waals surface area contributed by atoms with Crippen LogP contribution in [0.3, 0.4) is 0 Å². The zero-order valence-corrected chi connectivity index (χ0v) is 14.5. The summed E-state index contributed by atoms with van der Waals surface area (Å²) in [7, 11) is 0. The summed E-state index contributed by atoms with van der Waals surface area (Å²) in [6.45, 7) is 0.175. The van der Waals surface area contributed by atoms with Crippen LogP contribution in [-0.2, 0) is 11.3 Å². The van der Waals surface area contributed by atoms with Gasteiger partial charge in [0.05, 0.1) is 0 Å². The largest absolute Gasteiger partial charge is 0.337 e. The van der Waals surface area contributed by atoms with Crippen LogP contribution >= 0.6 is 11.6 Å². The first-order valence-corrected chi connectivity index (χ1v) is 8.62.